The average molecular weight is 383 g/mol. The molecule has 1 N–H and O–H groups in total. The number of amides is 1. The van der Waals surface area contributed by atoms with Gasteiger partial charge < -0.3 is 10.1 Å². The quantitative estimate of drug-likeness (QED) is 0.476. The van der Waals surface area contributed by atoms with Crippen molar-refractivity contribution in [1.82, 2.24) is 0 Å². The summed E-state index contributed by atoms with van der Waals surface area (Å²) in [5.74, 6) is 0.138. The maximum absolute atomic E-state index is 12.3. The van der Waals surface area contributed by atoms with Crippen LogP contribution in [-0.4, -0.2) is 10.8 Å². The molecule has 1 amide bonds. The van der Waals surface area contributed by atoms with Crippen LogP contribution < -0.4 is 10.1 Å². The molecule has 0 fully saturated rings. The van der Waals surface area contributed by atoms with Crippen molar-refractivity contribution in [2.75, 3.05) is 5.32 Å². The molecule has 0 bridgehead atoms. The van der Waals surface area contributed by atoms with E-state index in [4.69, 9.17) is 16.3 Å². The van der Waals surface area contributed by atoms with Gasteiger partial charge in [0.2, 0.25) is 0 Å². The zero-order valence-electron chi connectivity index (χ0n) is 14.1. The lowest BCUT2D eigenvalue weighted by atomic mass is 10.2. The number of halogens is 1. The molecule has 0 unspecified atom stereocenters. The van der Waals surface area contributed by atoms with Gasteiger partial charge in [-0.15, -0.1) is 0 Å². The Morgan fingerprint density at radius 1 is 1.00 bits per heavy atom. The van der Waals surface area contributed by atoms with Crippen molar-refractivity contribution >= 4 is 28.9 Å². The molecule has 0 atom stereocenters. The fraction of sp³-hybridized carbons (Fsp3) is 0.0500. The molecule has 0 radical (unpaired) electrons. The minimum absolute atomic E-state index is 0.145. The molecule has 0 aromatic heterocycles. The Hall–Kier alpha value is -3.38. The van der Waals surface area contributed by atoms with E-state index in [1.165, 1.54) is 12.1 Å². The lowest BCUT2D eigenvalue weighted by molar-refractivity contribution is -0.383. The van der Waals surface area contributed by atoms with Crippen LogP contribution >= 0.6 is 11.6 Å². The summed E-state index contributed by atoms with van der Waals surface area (Å²) in [6.07, 6.45) is 0. The maximum Gasteiger partial charge on any atom is 0.292 e. The number of benzene rings is 3. The van der Waals surface area contributed by atoms with Crippen molar-refractivity contribution < 1.29 is 14.5 Å². The Morgan fingerprint density at radius 3 is 2.37 bits per heavy atom. The highest BCUT2D eigenvalue weighted by molar-refractivity contribution is 6.31. The van der Waals surface area contributed by atoms with Gasteiger partial charge in [-0.2, -0.15) is 0 Å². The van der Waals surface area contributed by atoms with E-state index >= 15 is 0 Å². The number of anilines is 1. The first-order valence-corrected chi connectivity index (χ1v) is 8.43. The van der Waals surface area contributed by atoms with Gasteiger partial charge >= 0.3 is 0 Å². The summed E-state index contributed by atoms with van der Waals surface area (Å²) in [6, 6.07) is 19.9. The third kappa shape index (κ3) is 4.62. The first-order chi connectivity index (χ1) is 13.0. The van der Waals surface area contributed by atoms with Gasteiger partial charge in [-0.1, -0.05) is 41.9 Å². The standard InChI is InChI=1S/C20H15ClN2O4/c21-17-6-2-1-5-15(17)13-27-16-11-9-14(10-12-16)20(24)22-18-7-3-4-8-19(18)23(25)26/h1-12H,13H2,(H,22,24). The summed E-state index contributed by atoms with van der Waals surface area (Å²) in [7, 11) is 0. The molecule has 3 rings (SSSR count). The van der Waals surface area contributed by atoms with Crippen molar-refractivity contribution in [2.24, 2.45) is 0 Å². The van der Waals surface area contributed by atoms with Crippen LogP contribution in [0.1, 0.15) is 15.9 Å². The number of rotatable bonds is 6. The van der Waals surface area contributed by atoms with Gasteiger partial charge in [-0.3, -0.25) is 14.9 Å². The van der Waals surface area contributed by atoms with E-state index in [0.29, 0.717) is 22.9 Å². The maximum atomic E-state index is 12.3. The topological polar surface area (TPSA) is 81.5 Å². The van der Waals surface area contributed by atoms with Gasteiger partial charge in [-0.25, -0.2) is 0 Å². The van der Waals surface area contributed by atoms with Crippen molar-refractivity contribution in [3.63, 3.8) is 0 Å². The number of nitro groups is 1. The Balaban J connectivity index is 1.66. The predicted octanol–water partition coefficient (Wildman–Crippen LogP) is 5.08. The van der Waals surface area contributed by atoms with Gasteiger partial charge in [0.05, 0.1) is 4.92 Å². The number of nitrogens with zero attached hydrogens (tertiary/aromatic N) is 1. The normalized spacial score (nSPS) is 10.3. The molecule has 136 valence electrons. The van der Waals surface area contributed by atoms with Crippen LogP contribution in [0, 0.1) is 10.1 Å². The van der Waals surface area contributed by atoms with E-state index in [1.54, 1.807) is 42.5 Å². The third-order valence-electron chi connectivity index (χ3n) is 3.82. The number of hydrogen-bond acceptors (Lipinski definition) is 4. The van der Waals surface area contributed by atoms with Gasteiger partial charge in [0, 0.05) is 22.2 Å². The molecule has 0 aliphatic rings. The summed E-state index contributed by atoms with van der Waals surface area (Å²) in [5, 5.41) is 14.2. The van der Waals surface area contributed by atoms with E-state index < -0.39 is 10.8 Å². The first kappa shape index (κ1) is 18.4. The summed E-state index contributed by atoms with van der Waals surface area (Å²) in [4.78, 5) is 22.8. The fourth-order valence-electron chi connectivity index (χ4n) is 2.41. The van der Waals surface area contributed by atoms with Crippen LogP contribution in [0.5, 0.6) is 5.75 Å². The Bertz CT molecular complexity index is 974. The smallest absolute Gasteiger partial charge is 0.292 e. The lowest BCUT2D eigenvalue weighted by Crippen LogP contribution is -2.13. The number of ether oxygens (including phenoxy) is 1. The van der Waals surface area contributed by atoms with Crippen LogP contribution in [0.3, 0.4) is 0 Å². The molecule has 0 spiro atoms. The lowest BCUT2D eigenvalue weighted by Gasteiger charge is -2.09. The van der Waals surface area contributed by atoms with Crippen LogP contribution in [-0.2, 0) is 6.61 Å². The van der Waals surface area contributed by atoms with Crippen molar-refractivity contribution in [3.05, 3.63) is 99.1 Å². The minimum atomic E-state index is -0.540. The van der Waals surface area contributed by atoms with E-state index in [-0.39, 0.29) is 11.4 Å². The first-order valence-electron chi connectivity index (χ1n) is 8.05. The van der Waals surface area contributed by atoms with Gasteiger partial charge in [0.15, 0.2) is 0 Å². The second kappa shape index (κ2) is 8.33. The van der Waals surface area contributed by atoms with Crippen LogP contribution in [0.4, 0.5) is 11.4 Å². The van der Waals surface area contributed by atoms with E-state index in [9.17, 15) is 14.9 Å². The number of hydrogen-bond donors (Lipinski definition) is 1. The van der Waals surface area contributed by atoms with Gasteiger partial charge in [-0.05, 0) is 36.4 Å². The molecule has 27 heavy (non-hydrogen) atoms. The number of nitro benzene ring substituents is 1. The molecule has 3 aromatic rings. The molecule has 6 nitrogen and oxygen atoms in total. The number of carbonyl (C=O) groups is 1. The molecule has 0 heterocycles. The highest BCUT2D eigenvalue weighted by Gasteiger charge is 2.15. The summed E-state index contributed by atoms with van der Waals surface area (Å²) in [6.45, 7) is 0.307. The zero-order valence-corrected chi connectivity index (χ0v) is 14.8. The second-order valence-electron chi connectivity index (χ2n) is 5.63. The molecular formula is C20H15ClN2O4. The van der Waals surface area contributed by atoms with Gasteiger partial charge in [0.25, 0.3) is 11.6 Å². The zero-order chi connectivity index (χ0) is 19.2. The fourth-order valence-corrected chi connectivity index (χ4v) is 2.60. The largest absolute Gasteiger partial charge is 0.489 e. The molecule has 0 aliphatic carbocycles. The Labute approximate surface area is 160 Å². The summed E-state index contributed by atoms with van der Waals surface area (Å²) in [5.41, 5.74) is 1.20. The third-order valence-corrected chi connectivity index (χ3v) is 4.19. The number of carbonyl (C=O) groups excluding carboxylic acids is 1. The monoisotopic (exact) mass is 382 g/mol. The van der Waals surface area contributed by atoms with Crippen LogP contribution in [0.15, 0.2) is 72.8 Å². The SMILES string of the molecule is O=C(Nc1ccccc1[N+](=O)[O-])c1ccc(OCc2ccccc2Cl)cc1. The highest BCUT2D eigenvalue weighted by atomic mass is 35.5. The average Bonchev–Trinajstić information content (AvgIpc) is 2.68. The highest BCUT2D eigenvalue weighted by Crippen LogP contribution is 2.24. The molecular weight excluding hydrogens is 368 g/mol. The van der Waals surface area contributed by atoms with E-state index in [1.807, 2.05) is 18.2 Å². The minimum Gasteiger partial charge on any atom is -0.489 e. The molecule has 0 aliphatic heterocycles. The Kier molecular flexibility index (Phi) is 5.68. The summed E-state index contributed by atoms with van der Waals surface area (Å²) >= 11 is 6.09. The predicted molar refractivity (Wildman–Crippen MR) is 103 cm³/mol. The Morgan fingerprint density at radius 2 is 1.67 bits per heavy atom. The van der Waals surface area contributed by atoms with Crippen molar-refractivity contribution in [3.8, 4) is 5.75 Å². The number of nitrogens with one attached hydrogen (secondary N) is 1. The second-order valence-corrected chi connectivity index (χ2v) is 6.04. The van der Waals surface area contributed by atoms with E-state index in [2.05, 4.69) is 5.32 Å². The molecule has 7 heteroatoms. The summed E-state index contributed by atoms with van der Waals surface area (Å²) < 4.78 is 5.67. The van der Waals surface area contributed by atoms with Crippen molar-refractivity contribution in [1.29, 1.82) is 0 Å². The van der Waals surface area contributed by atoms with Gasteiger partial charge in [0.1, 0.15) is 18.0 Å². The van der Waals surface area contributed by atoms with Crippen molar-refractivity contribution in [2.45, 2.75) is 6.61 Å². The molecule has 0 saturated heterocycles. The van der Waals surface area contributed by atoms with Crippen LogP contribution in [0.25, 0.3) is 0 Å². The molecule has 0 saturated carbocycles. The number of para-hydroxylation sites is 2. The van der Waals surface area contributed by atoms with E-state index in [0.717, 1.165) is 5.56 Å². The van der Waals surface area contributed by atoms with Crippen LogP contribution in [0.2, 0.25) is 5.02 Å². The molecule has 3 aromatic carbocycles.